The molecule has 0 amide bonds. The van der Waals surface area contributed by atoms with Crippen molar-refractivity contribution >= 4 is 33.2 Å². The molecule has 1 saturated heterocycles. The molecular formula is C17H20N6S. The van der Waals surface area contributed by atoms with E-state index in [1.54, 1.807) is 11.3 Å². The summed E-state index contributed by atoms with van der Waals surface area (Å²) in [5.74, 6) is 1.35. The third kappa shape index (κ3) is 2.92. The first kappa shape index (κ1) is 15.3. The van der Waals surface area contributed by atoms with Crippen molar-refractivity contribution in [3.8, 4) is 0 Å². The van der Waals surface area contributed by atoms with Crippen LogP contribution in [-0.4, -0.2) is 45.5 Å². The summed E-state index contributed by atoms with van der Waals surface area (Å²) in [6.07, 6.45) is 1.87. The van der Waals surface area contributed by atoms with E-state index in [1.807, 2.05) is 35.8 Å². The van der Waals surface area contributed by atoms with Gasteiger partial charge in [-0.1, -0.05) is 12.1 Å². The number of nitrogens with two attached hydrogens (primary N) is 1. The van der Waals surface area contributed by atoms with Gasteiger partial charge in [0, 0.05) is 42.6 Å². The lowest BCUT2D eigenvalue weighted by Crippen LogP contribution is -2.51. The Labute approximate surface area is 145 Å². The number of piperazine rings is 1. The van der Waals surface area contributed by atoms with Crippen LogP contribution in [0.2, 0.25) is 0 Å². The van der Waals surface area contributed by atoms with Gasteiger partial charge < -0.3 is 10.6 Å². The minimum Gasteiger partial charge on any atom is -0.383 e. The van der Waals surface area contributed by atoms with Gasteiger partial charge in [0.2, 0.25) is 0 Å². The second-order valence-electron chi connectivity index (χ2n) is 6.13. The predicted octanol–water partition coefficient (Wildman–Crippen LogP) is 2.38. The molecule has 2 aromatic heterocycles. The van der Waals surface area contributed by atoms with Crippen LogP contribution in [0.4, 0.5) is 10.9 Å². The summed E-state index contributed by atoms with van der Waals surface area (Å²) < 4.78 is 0. The number of benzene rings is 1. The van der Waals surface area contributed by atoms with Gasteiger partial charge in [-0.05, 0) is 19.1 Å². The van der Waals surface area contributed by atoms with Gasteiger partial charge in [-0.3, -0.25) is 4.90 Å². The van der Waals surface area contributed by atoms with E-state index in [0.29, 0.717) is 11.9 Å². The zero-order chi connectivity index (χ0) is 16.5. The minimum absolute atomic E-state index is 0.419. The zero-order valence-corrected chi connectivity index (χ0v) is 14.4. The van der Waals surface area contributed by atoms with Crippen molar-refractivity contribution in [3.63, 3.8) is 0 Å². The Kier molecular flexibility index (Phi) is 4.03. The van der Waals surface area contributed by atoms with Crippen LogP contribution in [0.25, 0.3) is 10.9 Å². The number of anilines is 2. The van der Waals surface area contributed by atoms with Crippen molar-refractivity contribution in [2.75, 3.05) is 30.3 Å². The maximum Gasteiger partial charge on any atom is 0.185 e. The molecule has 0 spiro atoms. The van der Waals surface area contributed by atoms with Crippen molar-refractivity contribution in [1.82, 2.24) is 19.9 Å². The molecule has 1 aliphatic heterocycles. The third-order valence-corrected chi connectivity index (χ3v) is 5.23. The number of nitrogen functional groups attached to an aromatic ring is 1. The molecule has 1 aliphatic rings. The van der Waals surface area contributed by atoms with Crippen LogP contribution in [0, 0.1) is 0 Å². The van der Waals surface area contributed by atoms with Gasteiger partial charge in [-0.25, -0.2) is 15.0 Å². The van der Waals surface area contributed by atoms with E-state index in [1.165, 1.54) is 0 Å². The minimum atomic E-state index is 0.419. The Morgan fingerprint density at radius 1 is 1.25 bits per heavy atom. The molecule has 124 valence electrons. The number of aromatic nitrogens is 3. The van der Waals surface area contributed by atoms with Gasteiger partial charge >= 0.3 is 0 Å². The fraction of sp³-hybridized carbons (Fsp3) is 0.353. The third-order valence-electron chi connectivity index (χ3n) is 4.42. The smallest absolute Gasteiger partial charge is 0.185 e. The quantitative estimate of drug-likeness (QED) is 0.789. The Morgan fingerprint density at radius 3 is 2.92 bits per heavy atom. The maximum atomic E-state index is 6.09. The summed E-state index contributed by atoms with van der Waals surface area (Å²) in [7, 11) is 0. The van der Waals surface area contributed by atoms with Crippen LogP contribution in [0.1, 0.15) is 12.7 Å². The van der Waals surface area contributed by atoms with Crippen molar-refractivity contribution in [3.05, 3.63) is 41.7 Å². The first-order chi connectivity index (χ1) is 11.7. The highest BCUT2D eigenvalue weighted by Crippen LogP contribution is 2.23. The lowest BCUT2D eigenvalue weighted by Gasteiger charge is -2.39. The van der Waals surface area contributed by atoms with E-state index in [0.717, 1.165) is 48.0 Å². The lowest BCUT2D eigenvalue weighted by molar-refractivity contribution is 0.216. The molecule has 7 heteroatoms. The highest BCUT2D eigenvalue weighted by Gasteiger charge is 2.25. The van der Waals surface area contributed by atoms with E-state index < -0.39 is 0 Å². The van der Waals surface area contributed by atoms with E-state index in [9.17, 15) is 0 Å². The molecule has 0 saturated carbocycles. The number of nitrogens with zero attached hydrogens (tertiary/aromatic N) is 5. The SMILES string of the molecule is C[C@H]1CN(Cc2nc(N)c3ccccc3n2)CCN1c1nccs1. The first-order valence-electron chi connectivity index (χ1n) is 8.10. The van der Waals surface area contributed by atoms with Crippen molar-refractivity contribution in [2.45, 2.75) is 19.5 Å². The fourth-order valence-corrected chi connectivity index (χ4v) is 4.01. The van der Waals surface area contributed by atoms with Gasteiger partial charge in [-0.2, -0.15) is 0 Å². The second-order valence-corrected chi connectivity index (χ2v) is 7.01. The zero-order valence-electron chi connectivity index (χ0n) is 13.6. The molecule has 1 aromatic carbocycles. The Hall–Kier alpha value is -2.25. The van der Waals surface area contributed by atoms with Crippen molar-refractivity contribution in [1.29, 1.82) is 0 Å². The first-order valence-corrected chi connectivity index (χ1v) is 8.98. The van der Waals surface area contributed by atoms with Crippen LogP contribution in [0.3, 0.4) is 0 Å². The molecule has 2 N–H and O–H groups in total. The molecule has 4 rings (SSSR count). The van der Waals surface area contributed by atoms with E-state index >= 15 is 0 Å². The second kappa shape index (κ2) is 6.33. The predicted molar refractivity (Wildman–Crippen MR) is 98.1 cm³/mol. The topological polar surface area (TPSA) is 71.2 Å². The van der Waals surface area contributed by atoms with Gasteiger partial charge in [-0.15, -0.1) is 11.3 Å². The molecule has 3 heterocycles. The van der Waals surface area contributed by atoms with E-state index in [-0.39, 0.29) is 0 Å². The molecule has 1 atom stereocenters. The maximum absolute atomic E-state index is 6.09. The molecule has 0 unspecified atom stereocenters. The van der Waals surface area contributed by atoms with Crippen molar-refractivity contribution in [2.24, 2.45) is 0 Å². The molecule has 0 bridgehead atoms. The summed E-state index contributed by atoms with van der Waals surface area (Å²) >= 11 is 1.70. The number of hydrogen-bond acceptors (Lipinski definition) is 7. The average molecular weight is 340 g/mol. The Balaban J connectivity index is 1.49. The van der Waals surface area contributed by atoms with Crippen LogP contribution in [-0.2, 0) is 6.54 Å². The molecule has 0 aliphatic carbocycles. The molecular weight excluding hydrogens is 320 g/mol. The summed E-state index contributed by atoms with van der Waals surface area (Å²) in [4.78, 5) is 18.3. The molecule has 6 nitrogen and oxygen atoms in total. The Bertz CT molecular complexity index is 834. The largest absolute Gasteiger partial charge is 0.383 e. The summed E-state index contributed by atoms with van der Waals surface area (Å²) in [5.41, 5.74) is 7.00. The normalized spacial score (nSPS) is 19.0. The van der Waals surface area contributed by atoms with Crippen molar-refractivity contribution < 1.29 is 0 Å². The van der Waals surface area contributed by atoms with Crippen LogP contribution in [0.15, 0.2) is 35.8 Å². The number of hydrogen-bond donors (Lipinski definition) is 1. The van der Waals surface area contributed by atoms with Crippen LogP contribution in [0.5, 0.6) is 0 Å². The Morgan fingerprint density at radius 2 is 2.12 bits per heavy atom. The average Bonchev–Trinajstić information content (AvgIpc) is 3.09. The summed E-state index contributed by atoms with van der Waals surface area (Å²) in [6.45, 7) is 5.88. The summed E-state index contributed by atoms with van der Waals surface area (Å²) in [6, 6.07) is 8.31. The van der Waals surface area contributed by atoms with Gasteiger partial charge in [0.1, 0.15) is 11.6 Å². The molecule has 1 fully saturated rings. The standard InChI is InChI=1S/C17H20N6S/c1-12-10-22(7-8-23(12)17-19-6-9-24-17)11-15-20-14-5-3-2-4-13(14)16(18)21-15/h2-6,9,12H,7-8,10-11H2,1H3,(H2,18,20,21)/t12-/m0/s1. The highest BCUT2D eigenvalue weighted by atomic mass is 32.1. The van der Waals surface area contributed by atoms with Gasteiger partial charge in [0.15, 0.2) is 5.13 Å². The van der Waals surface area contributed by atoms with E-state index in [4.69, 9.17) is 5.73 Å². The number of fused-ring (bicyclic) bond motifs is 1. The fourth-order valence-electron chi connectivity index (χ4n) is 3.24. The lowest BCUT2D eigenvalue weighted by atomic mass is 10.2. The van der Waals surface area contributed by atoms with Crippen LogP contribution >= 0.6 is 11.3 Å². The molecule has 24 heavy (non-hydrogen) atoms. The number of rotatable bonds is 3. The summed E-state index contributed by atoms with van der Waals surface area (Å²) in [5, 5.41) is 4.05. The molecule has 3 aromatic rings. The van der Waals surface area contributed by atoms with Gasteiger partial charge in [0.05, 0.1) is 12.1 Å². The monoisotopic (exact) mass is 340 g/mol. The van der Waals surface area contributed by atoms with Gasteiger partial charge in [0.25, 0.3) is 0 Å². The number of thiazole rings is 1. The van der Waals surface area contributed by atoms with Crippen LogP contribution < -0.4 is 10.6 Å². The molecule has 0 radical (unpaired) electrons. The highest BCUT2D eigenvalue weighted by molar-refractivity contribution is 7.13. The van der Waals surface area contributed by atoms with E-state index in [2.05, 4.69) is 31.7 Å². The number of para-hydroxylation sites is 1.